The Bertz CT molecular complexity index is 372. The average Bonchev–Trinajstić information content (AvgIpc) is 2.12. The molecule has 0 aromatic heterocycles. The molecule has 0 unspecified atom stereocenters. The molecule has 1 aliphatic carbocycles. The van der Waals surface area contributed by atoms with E-state index in [1.54, 1.807) is 0 Å². The number of allylic oxidation sites excluding steroid dienone is 2. The summed E-state index contributed by atoms with van der Waals surface area (Å²) < 4.78 is 0. The van der Waals surface area contributed by atoms with Crippen molar-refractivity contribution in [3.05, 3.63) is 23.3 Å². The standard InChI is InChI=1S/C18H32O/c1-15(2,3)13-10-14(16(4,5)6)12-18(19,11-13)17(7,8)9/h11-12,19H,10H2,1-9H3. The molecule has 1 aliphatic rings. The Kier molecular flexibility index (Phi) is 3.89. The third-order valence-electron chi connectivity index (χ3n) is 4.30. The predicted molar refractivity (Wildman–Crippen MR) is 84.1 cm³/mol. The molecule has 0 amide bonds. The average molecular weight is 264 g/mol. The molecule has 0 spiro atoms. The molecule has 0 fully saturated rings. The molecule has 0 saturated carbocycles. The van der Waals surface area contributed by atoms with Gasteiger partial charge in [-0.3, -0.25) is 0 Å². The Morgan fingerprint density at radius 2 is 1.11 bits per heavy atom. The van der Waals surface area contributed by atoms with Gasteiger partial charge in [-0.05, 0) is 34.8 Å². The third-order valence-corrected chi connectivity index (χ3v) is 4.30. The van der Waals surface area contributed by atoms with Gasteiger partial charge in [0.25, 0.3) is 0 Å². The lowest BCUT2D eigenvalue weighted by molar-refractivity contribution is 0.0253. The molecule has 1 heteroatoms. The van der Waals surface area contributed by atoms with Gasteiger partial charge in [0.1, 0.15) is 5.60 Å². The molecule has 0 radical (unpaired) electrons. The molecule has 0 bridgehead atoms. The Hall–Kier alpha value is -0.560. The summed E-state index contributed by atoms with van der Waals surface area (Å²) in [6, 6.07) is 0. The lowest BCUT2D eigenvalue weighted by Gasteiger charge is -2.43. The molecule has 19 heavy (non-hydrogen) atoms. The van der Waals surface area contributed by atoms with Gasteiger partial charge in [0.15, 0.2) is 0 Å². The first kappa shape index (κ1) is 16.5. The summed E-state index contributed by atoms with van der Waals surface area (Å²) in [5.74, 6) is 0. The van der Waals surface area contributed by atoms with Crippen LogP contribution in [0.25, 0.3) is 0 Å². The van der Waals surface area contributed by atoms with Gasteiger partial charge < -0.3 is 5.11 Å². The smallest absolute Gasteiger partial charge is 0.106 e. The summed E-state index contributed by atoms with van der Waals surface area (Å²) in [6.45, 7) is 19.7. The maximum atomic E-state index is 11.1. The highest BCUT2D eigenvalue weighted by Crippen LogP contribution is 2.46. The van der Waals surface area contributed by atoms with Crippen LogP contribution in [0.2, 0.25) is 0 Å². The number of hydrogen-bond acceptors (Lipinski definition) is 1. The quantitative estimate of drug-likeness (QED) is 0.603. The lowest BCUT2D eigenvalue weighted by Crippen LogP contribution is -2.42. The molecule has 1 N–H and O–H groups in total. The van der Waals surface area contributed by atoms with Gasteiger partial charge in [-0.15, -0.1) is 0 Å². The Morgan fingerprint density at radius 3 is 1.32 bits per heavy atom. The largest absolute Gasteiger partial charge is 0.381 e. The van der Waals surface area contributed by atoms with Gasteiger partial charge in [-0.1, -0.05) is 73.5 Å². The molecule has 1 rings (SSSR count). The SMILES string of the molecule is CC(C)(C)C1=CC(O)(C(C)(C)C)C=C(C(C)(C)C)C1. The van der Waals surface area contributed by atoms with Crippen molar-refractivity contribution in [2.45, 2.75) is 74.3 Å². The van der Waals surface area contributed by atoms with Crippen LogP contribution in [0.3, 0.4) is 0 Å². The number of aliphatic hydroxyl groups is 1. The zero-order valence-corrected chi connectivity index (χ0v) is 14.3. The molecule has 0 aromatic carbocycles. The van der Waals surface area contributed by atoms with Crippen LogP contribution in [0.1, 0.15) is 68.7 Å². The minimum Gasteiger partial charge on any atom is -0.381 e. The Morgan fingerprint density at radius 1 is 0.789 bits per heavy atom. The summed E-state index contributed by atoms with van der Waals surface area (Å²) in [7, 11) is 0. The van der Waals surface area contributed by atoms with Gasteiger partial charge in [-0.2, -0.15) is 0 Å². The molecule has 0 atom stereocenters. The van der Waals surface area contributed by atoms with E-state index in [-0.39, 0.29) is 16.2 Å². The molecule has 0 aromatic rings. The van der Waals surface area contributed by atoms with Crippen molar-refractivity contribution in [3.63, 3.8) is 0 Å². The first-order valence-corrected chi connectivity index (χ1v) is 7.34. The molecule has 0 aliphatic heterocycles. The zero-order chi connectivity index (χ0) is 15.3. The summed E-state index contributed by atoms with van der Waals surface area (Å²) in [5.41, 5.74) is 1.85. The van der Waals surface area contributed by atoms with E-state index in [2.05, 4.69) is 74.5 Å². The van der Waals surface area contributed by atoms with Crippen LogP contribution in [0.5, 0.6) is 0 Å². The second kappa shape index (κ2) is 4.48. The van der Waals surface area contributed by atoms with E-state index < -0.39 is 5.60 Å². The Balaban J connectivity index is 3.39. The van der Waals surface area contributed by atoms with Crippen LogP contribution < -0.4 is 0 Å². The fourth-order valence-corrected chi connectivity index (χ4v) is 2.28. The van der Waals surface area contributed by atoms with Crippen molar-refractivity contribution < 1.29 is 5.11 Å². The van der Waals surface area contributed by atoms with Crippen molar-refractivity contribution in [2.75, 3.05) is 0 Å². The first-order valence-electron chi connectivity index (χ1n) is 7.34. The molecule has 1 nitrogen and oxygen atoms in total. The van der Waals surface area contributed by atoms with Crippen molar-refractivity contribution in [1.82, 2.24) is 0 Å². The predicted octanol–water partition coefficient (Wildman–Crippen LogP) is 5.11. The topological polar surface area (TPSA) is 20.2 Å². The van der Waals surface area contributed by atoms with Crippen molar-refractivity contribution in [1.29, 1.82) is 0 Å². The normalized spacial score (nSPS) is 20.9. The van der Waals surface area contributed by atoms with Crippen LogP contribution in [0.4, 0.5) is 0 Å². The highest BCUT2D eigenvalue weighted by molar-refractivity contribution is 5.38. The number of hydrogen-bond donors (Lipinski definition) is 1. The van der Waals surface area contributed by atoms with Gasteiger partial charge in [0, 0.05) is 0 Å². The van der Waals surface area contributed by atoms with Crippen molar-refractivity contribution in [3.8, 4) is 0 Å². The first-order chi connectivity index (χ1) is 8.17. The number of rotatable bonds is 0. The minimum atomic E-state index is -0.851. The molecule has 110 valence electrons. The summed E-state index contributed by atoms with van der Waals surface area (Å²) >= 11 is 0. The van der Waals surface area contributed by atoms with Gasteiger partial charge in [0.05, 0.1) is 0 Å². The van der Waals surface area contributed by atoms with E-state index in [0.29, 0.717) is 0 Å². The fourth-order valence-electron chi connectivity index (χ4n) is 2.28. The second-order valence-electron chi connectivity index (χ2n) is 9.09. The lowest BCUT2D eigenvalue weighted by atomic mass is 9.65. The van der Waals surface area contributed by atoms with E-state index in [9.17, 15) is 5.11 Å². The minimum absolute atomic E-state index is 0.101. The van der Waals surface area contributed by atoms with Crippen LogP contribution >= 0.6 is 0 Å². The molecule has 0 heterocycles. The third kappa shape index (κ3) is 3.51. The van der Waals surface area contributed by atoms with Gasteiger partial charge >= 0.3 is 0 Å². The van der Waals surface area contributed by atoms with Crippen molar-refractivity contribution in [2.24, 2.45) is 16.2 Å². The van der Waals surface area contributed by atoms with Crippen LogP contribution in [-0.4, -0.2) is 10.7 Å². The monoisotopic (exact) mass is 264 g/mol. The van der Waals surface area contributed by atoms with E-state index in [0.717, 1.165) is 6.42 Å². The molecule has 0 saturated heterocycles. The Labute approximate surface area is 119 Å². The highest BCUT2D eigenvalue weighted by atomic mass is 16.3. The maximum absolute atomic E-state index is 11.1. The van der Waals surface area contributed by atoms with Crippen LogP contribution in [-0.2, 0) is 0 Å². The van der Waals surface area contributed by atoms with Crippen LogP contribution in [0.15, 0.2) is 23.3 Å². The van der Waals surface area contributed by atoms with E-state index in [4.69, 9.17) is 0 Å². The van der Waals surface area contributed by atoms with Crippen LogP contribution in [0, 0.1) is 16.2 Å². The zero-order valence-electron chi connectivity index (χ0n) is 14.3. The van der Waals surface area contributed by atoms with Gasteiger partial charge in [-0.25, -0.2) is 0 Å². The highest BCUT2D eigenvalue weighted by Gasteiger charge is 2.41. The van der Waals surface area contributed by atoms with Crippen molar-refractivity contribution >= 4 is 0 Å². The van der Waals surface area contributed by atoms with E-state index >= 15 is 0 Å². The molecular formula is C18H32O. The van der Waals surface area contributed by atoms with Gasteiger partial charge in [0.2, 0.25) is 0 Å². The summed E-state index contributed by atoms with van der Waals surface area (Å²) in [5, 5.41) is 11.1. The summed E-state index contributed by atoms with van der Waals surface area (Å²) in [6.07, 6.45) is 5.18. The summed E-state index contributed by atoms with van der Waals surface area (Å²) in [4.78, 5) is 0. The molecular weight excluding hydrogens is 232 g/mol. The van der Waals surface area contributed by atoms with E-state index in [1.165, 1.54) is 11.1 Å². The fraction of sp³-hybridized carbons (Fsp3) is 0.778. The maximum Gasteiger partial charge on any atom is 0.106 e. The van der Waals surface area contributed by atoms with E-state index in [1.807, 2.05) is 0 Å². The second-order valence-corrected chi connectivity index (χ2v) is 9.09.